The van der Waals surface area contributed by atoms with Gasteiger partial charge < -0.3 is 14.0 Å². The number of benzene rings is 2. The third kappa shape index (κ3) is 6.62. The molecule has 0 radical (unpaired) electrons. The largest absolute Gasteiger partial charge is 0.493 e. The van der Waals surface area contributed by atoms with Gasteiger partial charge in [-0.25, -0.2) is 4.98 Å². The fourth-order valence-corrected chi connectivity index (χ4v) is 4.13. The van der Waals surface area contributed by atoms with Crippen molar-refractivity contribution in [2.24, 2.45) is 0 Å². The van der Waals surface area contributed by atoms with Gasteiger partial charge in [-0.3, -0.25) is 0 Å². The van der Waals surface area contributed by atoms with E-state index in [9.17, 15) is 0 Å². The summed E-state index contributed by atoms with van der Waals surface area (Å²) < 4.78 is 14.0. The van der Waals surface area contributed by atoms with Gasteiger partial charge in [-0.2, -0.15) is 0 Å². The molecule has 1 heterocycles. The summed E-state index contributed by atoms with van der Waals surface area (Å²) in [5, 5.41) is 0. The highest BCUT2D eigenvalue weighted by Crippen LogP contribution is 2.30. The highest BCUT2D eigenvalue weighted by molar-refractivity contribution is 5.75. The SMILES string of the molecule is C/C=C\c1ccc(OCc2nc3ccccc3n2CCCCCCCCCC)c(OC)c1. The number of allylic oxidation sites excluding steroid dienone is 1. The highest BCUT2D eigenvalue weighted by atomic mass is 16.5. The quantitative estimate of drug-likeness (QED) is 0.243. The summed E-state index contributed by atoms with van der Waals surface area (Å²) in [4.78, 5) is 4.86. The van der Waals surface area contributed by atoms with Crippen molar-refractivity contribution < 1.29 is 9.47 Å². The van der Waals surface area contributed by atoms with E-state index in [0.717, 1.165) is 34.9 Å². The van der Waals surface area contributed by atoms with Gasteiger partial charge in [0.15, 0.2) is 11.5 Å². The maximum atomic E-state index is 6.17. The third-order valence-electron chi connectivity index (χ3n) is 5.87. The summed E-state index contributed by atoms with van der Waals surface area (Å²) in [5.41, 5.74) is 3.31. The summed E-state index contributed by atoms with van der Waals surface area (Å²) in [5.74, 6) is 2.45. The van der Waals surface area contributed by atoms with Crippen LogP contribution in [0.5, 0.6) is 11.5 Å². The standard InChI is InChI=1S/C28H38N2O2/c1-4-6-7-8-9-10-11-14-20-30-25-17-13-12-16-24(25)29-28(30)22-32-26-19-18-23(15-5-2)21-27(26)31-3/h5,12-13,15-19,21H,4,6-11,14,20,22H2,1-3H3/b15-5-. The van der Waals surface area contributed by atoms with E-state index in [4.69, 9.17) is 14.5 Å². The number of nitrogens with zero attached hydrogens (tertiary/aromatic N) is 2. The Kier molecular flexibility index (Phi) is 9.67. The van der Waals surface area contributed by atoms with Gasteiger partial charge in [0.05, 0.1) is 18.1 Å². The molecule has 4 heteroatoms. The first-order valence-electron chi connectivity index (χ1n) is 12.1. The van der Waals surface area contributed by atoms with Crippen LogP contribution in [-0.2, 0) is 13.2 Å². The summed E-state index contributed by atoms with van der Waals surface area (Å²) in [6.45, 7) is 5.68. The molecule has 0 spiro atoms. The molecule has 0 unspecified atom stereocenters. The van der Waals surface area contributed by atoms with E-state index < -0.39 is 0 Å². The Morgan fingerprint density at radius 1 is 0.906 bits per heavy atom. The number of aryl methyl sites for hydroxylation is 1. The number of methoxy groups -OCH3 is 1. The summed E-state index contributed by atoms with van der Waals surface area (Å²) in [6.07, 6.45) is 14.6. The molecule has 0 saturated carbocycles. The van der Waals surface area contributed by atoms with Crippen LogP contribution < -0.4 is 9.47 Å². The van der Waals surface area contributed by atoms with Crippen molar-refractivity contribution in [1.82, 2.24) is 9.55 Å². The molecule has 0 saturated heterocycles. The molecule has 4 nitrogen and oxygen atoms in total. The zero-order valence-corrected chi connectivity index (χ0v) is 20.0. The maximum Gasteiger partial charge on any atom is 0.161 e. The van der Waals surface area contributed by atoms with Crippen molar-refractivity contribution in [2.75, 3.05) is 7.11 Å². The fourth-order valence-electron chi connectivity index (χ4n) is 4.13. The molecule has 0 amide bonds. The van der Waals surface area contributed by atoms with E-state index in [1.807, 2.05) is 37.3 Å². The zero-order valence-electron chi connectivity index (χ0n) is 20.0. The minimum Gasteiger partial charge on any atom is -0.493 e. The van der Waals surface area contributed by atoms with Gasteiger partial charge in [0, 0.05) is 6.54 Å². The number of unbranched alkanes of at least 4 members (excludes halogenated alkanes) is 7. The second kappa shape index (κ2) is 12.9. The van der Waals surface area contributed by atoms with Gasteiger partial charge in [0.1, 0.15) is 12.4 Å². The zero-order chi connectivity index (χ0) is 22.6. The van der Waals surface area contributed by atoms with Crippen molar-refractivity contribution >= 4 is 17.1 Å². The molecule has 0 N–H and O–H groups in total. The maximum absolute atomic E-state index is 6.17. The van der Waals surface area contributed by atoms with E-state index >= 15 is 0 Å². The molecular formula is C28H38N2O2. The van der Waals surface area contributed by atoms with E-state index in [2.05, 4.69) is 35.8 Å². The smallest absolute Gasteiger partial charge is 0.161 e. The van der Waals surface area contributed by atoms with Crippen LogP contribution in [0.3, 0.4) is 0 Å². The Bertz CT molecular complexity index is 990. The molecule has 0 aliphatic carbocycles. The van der Waals surface area contributed by atoms with E-state index in [1.165, 1.54) is 56.9 Å². The molecule has 3 aromatic rings. The number of imidazole rings is 1. The molecule has 0 atom stereocenters. The lowest BCUT2D eigenvalue weighted by Gasteiger charge is -2.13. The number of aromatic nitrogens is 2. The Morgan fingerprint density at radius 2 is 1.66 bits per heavy atom. The van der Waals surface area contributed by atoms with Crippen molar-refractivity contribution in [3.8, 4) is 11.5 Å². The molecular weight excluding hydrogens is 396 g/mol. The van der Waals surface area contributed by atoms with Gasteiger partial charge in [-0.05, 0) is 43.2 Å². The van der Waals surface area contributed by atoms with Gasteiger partial charge in [0.2, 0.25) is 0 Å². The molecule has 172 valence electrons. The molecule has 0 fully saturated rings. The van der Waals surface area contributed by atoms with Crippen LogP contribution in [0.1, 0.15) is 76.6 Å². The highest BCUT2D eigenvalue weighted by Gasteiger charge is 2.12. The molecule has 2 aromatic carbocycles. The van der Waals surface area contributed by atoms with Crippen molar-refractivity contribution in [3.63, 3.8) is 0 Å². The van der Waals surface area contributed by atoms with Crippen LogP contribution >= 0.6 is 0 Å². The molecule has 0 bridgehead atoms. The van der Waals surface area contributed by atoms with Crippen LogP contribution in [0, 0.1) is 0 Å². The average molecular weight is 435 g/mol. The van der Waals surface area contributed by atoms with Crippen molar-refractivity contribution in [1.29, 1.82) is 0 Å². The van der Waals surface area contributed by atoms with E-state index in [1.54, 1.807) is 7.11 Å². The topological polar surface area (TPSA) is 36.3 Å². The lowest BCUT2D eigenvalue weighted by atomic mass is 10.1. The predicted octanol–water partition coefficient (Wildman–Crippen LogP) is 7.80. The van der Waals surface area contributed by atoms with Gasteiger partial charge in [-0.1, -0.05) is 82.2 Å². The van der Waals surface area contributed by atoms with Gasteiger partial charge in [-0.15, -0.1) is 0 Å². The third-order valence-corrected chi connectivity index (χ3v) is 5.87. The number of rotatable bonds is 14. The summed E-state index contributed by atoms with van der Waals surface area (Å²) in [6, 6.07) is 14.4. The molecule has 32 heavy (non-hydrogen) atoms. The first-order chi connectivity index (χ1) is 15.8. The van der Waals surface area contributed by atoms with Gasteiger partial charge in [0.25, 0.3) is 0 Å². The number of fused-ring (bicyclic) bond motifs is 1. The van der Waals surface area contributed by atoms with Crippen LogP contribution in [-0.4, -0.2) is 16.7 Å². The van der Waals surface area contributed by atoms with Crippen molar-refractivity contribution in [2.45, 2.75) is 78.4 Å². The van der Waals surface area contributed by atoms with Crippen LogP contribution in [0.4, 0.5) is 0 Å². The molecule has 0 aliphatic heterocycles. The monoisotopic (exact) mass is 434 g/mol. The first kappa shape index (κ1) is 23.9. The Hall–Kier alpha value is -2.75. The minimum absolute atomic E-state index is 0.422. The molecule has 3 rings (SSSR count). The summed E-state index contributed by atoms with van der Waals surface area (Å²) >= 11 is 0. The lowest BCUT2D eigenvalue weighted by Crippen LogP contribution is -2.08. The van der Waals surface area contributed by atoms with Crippen LogP contribution in [0.25, 0.3) is 17.1 Å². The number of hydrogen-bond donors (Lipinski definition) is 0. The second-order valence-electron chi connectivity index (χ2n) is 8.34. The number of ether oxygens (including phenoxy) is 2. The first-order valence-corrected chi connectivity index (χ1v) is 12.1. The Balaban J connectivity index is 1.64. The predicted molar refractivity (Wildman–Crippen MR) is 134 cm³/mol. The second-order valence-corrected chi connectivity index (χ2v) is 8.34. The van der Waals surface area contributed by atoms with Crippen LogP contribution in [0.15, 0.2) is 48.5 Å². The van der Waals surface area contributed by atoms with Crippen molar-refractivity contribution in [3.05, 3.63) is 59.9 Å². The molecule has 1 aromatic heterocycles. The fraction of sp³-hybridized carbons (Fsp3) is 0.464. The van der Waals surface area contributed by atoms with Crippen LogP contribution in [0.2, 0.25) is 0 Å². The summed E-state index contributed by atoms with van der Waals surface area (Å²) in [7, 11) is 1.68. The Labute approximate surface area is 193 Å². The Morgan fingerprint density at radius 3 is 2.41 bits per heavy atom. The normalized spacial score (nSPS) is 11.5. The number of para-hydroxylation sites is 2. The lowest BCUT2D eigenvalue weighted by molar-refractivity contribution is 0.271. The van der Waals surface area contributed by atoms with E-state index in [-0.39, 0.29) is 0 Å². The minimum atomic E-state index is 0.422. The van der Waals surface area contributed by atoms with E-state index in [0.29, 0.717) is 6.61 Å². The average Bonchev–Trinajstić information content (AvgIpc) is 3.17. The number of hydrogen-bond acceptors (Lipinski definition) is 3. The molecule has 0 aliphatic rings. The van der Waals surface area contributed by atoms with Gasteiger partial charge >= 0.3 is 0 Å².